The van der Waals surface area contributed by atoms with E-state index in [0.29, 0.717) is 18.1 Å². The zero-order chi connectivity index (χ0) is 14.5. The molecule has 2 aromatic rings. The lowest BCUT2D eigenvalue weighted by atomic mass is 10.3. The van der Waals surface area contributed by atoms with E-state index in [1.807, 2.05) is 25.1 Å². The van der Waals surface area contributed by atoms with Crippen molar-refractivity contribution in [1.29, 1.82) is 0 Å². The van der Waals surface area contributed by atoms with Crippen molar-refractivity contribution in [2.75, 3.05) is 19.4 Å². The van der Waals surface area contributed by atoms with Crippen molar-refractivity contribution in [2.45, 2.75) is 13.5 Å². The lowest BCUT2D eigenvalue weighted by Crippen LogP contribution is -2.27. The van der Waals surface area contributed by atoms with E-state index in [2.05, 4.69) is 20.3 Å². The van der Waals surface area contributed by atoms with Gasteiger partial charge in [-0.15, -0.1) is 0 Å². The van der Waals surface area contributed by atoms with Gasteiger partial charge in [0.25, 0.3) is 5.91 Å². The summed E-state index contributed by atoms with van der Waals surface area (Å²) in [5.74, 6) is 0.385. The predicted molar refractivity (Wildman–Crippen MR) is 76.4 cm³/mol. The molecular weight excluding hydrogens is 254 g/mol. The van der Waals surface area contributed by atoms with E-state index in [1.165, 1.54) is 6.20 Å². The molecule has 0 atom stereocenters. The predicted octanol–water partition coefficient (Wildman–Crippen LogP) is 1.49. The van der Waals surface area contributed by atoms with Crippen LogP contribution in [0.15, 0.2) is 30.6 Å². The Balaban J connectivity index is 2.12. The van der Waals surface area contributed by atoms with Crippen LogP contribution in [0.25, 0.3) is 0 Å². The molecule has 1 amide bonds. The molecule has 0 saturated heterocycles. The Labute approximate surface area is 117 Å². The van der Waals surface area contributed by atoms with E-state index in [0.717, 1.165) is 11.4 Å². The van der Waals surface area contributed by atoms with E-state index in [4.69, 9.17) is 0 Å². The lowest BCUT2D eigenvalue weighted by Gasteiger charge is -2.16. The van der Waals surface area contributed by atoms with Crippen molar-refractivity contribution < 1.29 is 4.79 Å². The lowest BCUT2D eigenvalue weighted by molar-refractivity contribution is 0.0777. The smallest absolute Gasteiger partial charge is 0.274 e. The first-order chi connectivity index (χ1) is 9.60. The van der Waals surface area contributed by atoms with Gasteiger partial charge in [0.05, 0.1) is 24.6 Å². The molecule has 0 radical (unpaired) electrons. The first-order valence-corrected chi connectivity index (χ1v) is 6.28. The molecule has 0 aromatic carbocycles. The molecular formula is C14H17N5O. The van der Waals surface area contributed by atoms with Crippen LogP contribution in [0.3, 0.4) is 0 Å². The summed E-state index contributed by atoms with van der Waals surface area (Å²) in [7, 11) is 3.46. The van der Waals surface area contributed by atoms with Crippen LogP contribution in [0.4, 0.5) is 5.82 Å². The quantitative estimate of drug-likeness (QED) is 0.912. The van der Waals surface area contributed by atoms with Crippen LogP contribution >= 0.6 is 0 Å². The van der Waals surface area contributed by atoms with Crippen molar-refractivity contribution in [3.8, 4) is 0 Å². The summed E-state index contributed by atoms with van der Waals surface area (Å²) in [4.78, 5) is 26.4. The molecule has 0 aliphatic heterocycles. The number of rotatable bonds is 4. The van der Waals surface area contributed by atoms with Crippen LogP contribution in [-0.2, 0) is 6.54 Å². The summed E-state index contributed by atoms with van der Waals surface area (Å²) in [6, 6.07) is 5.75. The van der Waals surface area contributed by atoms with Gasteiger partial charge in [0.15, 0.2) is 0 Å². The van der Waals surface area contributed by atoms with Gasteiger partial charge < -0.3 is 10.2 Å². The van der Waals surface area contributed by atoms with Gasteiger partial charge >= 0.3 is 0 Å². The molecule has 0 bridgehead atoms. The number of carbonyl (C=O) groups excluding carboxylic acids is 1. The maximum atomic E-state index is 12.3. The van der Waals surface area contributed by atoms with E-state index >= 15 is 0 Å². The van der Waals surface area contributed by atoms with E-state index in [1.54, 1.807) is 25.2 Å². The van der Waals surface area contributed by atoms with Crippen molar-refractivity contribution in [2.24, 2.45) is 0 Å². The summed E-state index contributed by atoms with van der Waals surface area (Å²) in [6.07, 6.45) is 3.03. The molecule has 6 heteroatoms. The second-order valence-electron chi connectivity index (χ2n) is 4.47. The molecule has 0 aliphatic rings. The average molecular weight is 271 g/mol. The highest BCUT2D eigenvalue weighted by Gasteiger charge is 2.15. The molecule has 0 aliphatic carbocycles. The van der Waals surface area contributed by atoms with Crippen LogP contribution in [0.1, 0.15) is 21.9 Å². The second kappa shape index (κ2) is 6.10. The average Bonchev–Trinajstić information content (AvgIpc) is 2.46. The zero-order valence-corrected chi connectivity index (χ0v) is 11.8. The van der Waals surface area contributed by atoms with Crippen LogP contribution < -0.4 is 5.32 Å². The highest BCUT2D eigenvalue weighted by atomic mass is 16.2. The minimum atomic E-state index is -0.182. The molecule has 2 aromatic heterocycles. The zero-order valence-electron chi connectivity index (χ0n) is 11.8. The molecule has 0 fully saturated rings. The number of aromatic nitrogens is 3. The largest absolute Gasteiger partial charge is 0.372 e. The fourth-order valence-corrected chi connectivity index (χ4v) is 1.79. The molecule has 0 spiro atoms. The third kappa shape index (κ3) is 3.28. The summed E-state index contributed by atoms with van der Waals surface area (Å²) in [5.41, 5.74) is 2.09. The van der Waals surface area contributed by atoms with Gasteiger partial charge in [-0.3, -0.25) is 14.8 Å². The van der Waals surface area contributed by atoms with Gasteiger partial charge in [0.2, 0.25) is 0 Å². The van der Waals surface area contributed by atoms with Crippen LogP contribution in [0.5, 0.6) is 0 Å². The number of hydrogen-bond acceptors (Lipinski definition) is 5. The molecule has 2 rings (SSSR count). The Kier molecular flexibility index (Phi) is 4.24. The van der Waals surface area contributed by atoms with E-state index in [9.17, 15) is 4.79 Å². The number of aryl methyl sites for hydroxylation is 1. The number of amides is 1. The molecule has 0 unspecified atom stereocenters. The minimum Gasteiger partial charge on any atom is -0.372 e. The van der Waals surface area contributed by atoms with Gasteiger partial charge in [0.1, 0.15) is 11.5 Å². The van der Waals surface area contributed by atoms with Crippen LogP contribution in [0, 0.1) is 6.92 Å². The first-order valence-electron chi connectivity index (χ1n) is 6.28. The van der Waals surface area contributed by atoms with Crippen molar-refractivity contribution in [1.82, 2.24) is 19.9 Å². The fraction of sp³-hybridized carbons (Fsp3) is 0.286. The summed E-state index contributed by atoms with van der Waals surface area (Å²) in [6.45, 7) is 2.36. The third-order valence-corrected chi connectivity index (χ3v) is 2.80. The maximum absolute atomic E-state index is 12.3. The van der Waals surface area contributed by atoms with E-state index in [-0.39, 0.29) is 5.91 Å². The van der Waals surface area contributed by atoms with Crippen molar-refractivity contribution in [3.63, 3.8) is 0 Å². The third-order valence-electron chi connectivity index (χ3n) is 2.80. The Morgan fingerprint density at radius 3 is 2.80 bits per heavy atom. The molecule has 1 N–H and O–H groups in total. The normalized spacial score (nSPS) is 10.2. The Hall–Kier alpha value is -2.50. The summed E-state index contributed by atoms with van der Waals surface area (Å²) in [5, 5.41) is 2.86. The molecule has 2 heterocycles. The molecule has 6 nitrogen and oxygen atoms in total. The number of carbonyl (C=O) groups is 1. The minimum absolute atomic E-state index is 0.182. The Morgan fingerprint density at radius 2 is 2.10 bits per heavy atom. The Morgan fingerprint density at radius 1 is 1.30 bits per heavy atom. The van der Waals surface area contributed by atoms with E-state index < -0.39 is 0 Å². The molecule has 20 heavy (non-hydrogen) atoms. The van der Waals surface area contributed by atoms with Gasteiger partial charge in [-0.25, -0.2) is 4.98 Å². The highest BCUT2D eigenvalue weighted by Crippen LogP contribution is 2.07. The molecule has 0 saturated carbocycles. The maximum Gasteiger partial charge on any atom is 0.274 e. The van der Waals surface area contributed by atoms with Crippen LogP contribution in [-0.4, -0.2) is 39.9 Å². The number of hydrogen-bond donors (Lipinski definition) is 1. The number of anilines is 1. The Bertz CT molecular complexity index is 614. The van der Waals surface area contributed by atoms with Gasteiger partial charge in [-0.05, 0) is 19.1 Å². The van der Waals surface area contributed by atoms with Gasteiger partial charge in [-0.1, -0.05) is 6.07 Å². The first kappa shape index (κ1) is 13.9. The van der Waals surface area contributed by atoms with Gasteiger partial charge in [-0.2, -0.15) is 0 Å². The number of nitrogens with one attached hydrogen (secondary N) is 1. The SMILES string of the molecule is CNc1cncc(C(=O)N(C)Cc2cccc(C)n2)n1. The van der Waals surface area contributed by atoms with Gasteiger partial charge in [0, 0.05) is 19.8 Å². The van der Waals surface area contributed by atoms with Crippen molar-refractivity contribution >= 4 is 11.7 Å². The van der Waals surface area contributed by atoms with Crippen LogP contribution in [0.2, 0.25) is 0 Å². The highest BCUT2D eigenvalue weighted by molar-refractivity contribution is 5.92. The summed E-state index contributed by atoms with van der Waals surface area (Å²) < 4.78 is 0. The van der Waals surface area contributed by atoms with Crippen molar-refractivity contribution in [3.05, 3.63) is 47.7 Å². The standard InChI is InChI=1S/C14H17N5O/c1-10-5-4-6-11(17-10)9-19(3)14(20)12-7-16-8-13(15-2)18-12/h4-8H,9H2,1-3H3,(H,15,18). The fourth-order valence-electron chi connectivity index (χ4n) is 1.79. The number of pyridine rings is 1. The monoisotopic (exact) mass is 271 g/mol. The second-order valence-corrected chi connectivity index (χ2v) is 4.47. The molecule has 104 valence electrons. The topological polar surface area (TPSA) is 71.0 Å². The summed E-state index contributed by atoms with van der Waals surface area (Å²) >= 11 is 0. The number of nitrogens with zero attached hydrogens (tertiary/aromatic N) is 4.